The van der Waals surface area contributed by atoms with Crippen LogP contribution in [0, 0.1) is 0 Å². The van der Waals surface area contributed by atoms with Crippen molar-refractivity contribution < 1.29 is 14.3 Å². The van der Waals surface area contributed by atoms with Gasteiger partial charge in [-0.3, -0.25) is 4.68 Å². The predicted molar refractivity (Wildman–Crippen MR) is 103 cm³/mol. The van der Waals surface area contributed by atoms with Gasteiger partial charge in [-0.05, 0) is 50.5 Å². The summed E-state index contributed by atoms with van der Waals surface area (Å²) in [5.41, 5.74) is 3.33. The number of amides is 2. The molecule has 0 spiro atoms. The minimum atomic E-state index is -0.0586. The van der Waals surface area contributed by atoms with Crippen molar-refractivity contribution in [2.24, 2.45) is 0 Å². The summed E-state index contributed by atoms with van der Waals surface area (Å²) in [6, 6.07) is 4.00. The predicted octanol–water partition coefficient (Wildman–Crippen LogP) is 2.97. The molecule has 3 rings (SSSR count). The van der Waals surface area contributed by atoms with Crippen molar-refractivity contribution in [2.45, 2.75) is 46.8 Å². The molecule has 0 aliphatic carbocycles. The van der Waals surface area contributed by atoms with Crippen molar-refractivity contribution in [3.8, 4) is 11.5 Å². The Morgan fingerprint density at radius 2 is 1.85 bits per heavy atom. The van der Waals surface area contributed by atoms with Gasteiger partial charge in [0.1, 0.15) is 0 Å². The molecule has 7 heteroatoms. The molecule has 0 saturated heterocycles. The van der Waals surface area contributed by atoms with Gasteiger partial charge in [-0.1, -0.05) is 0 Å². The van der Waals surface area contributed by atoms with Crippen molar-refractivity contribution in [1.82, 2.24) is 20.0 Å². The summed E-state index contributed by atoms with van der Waals surface area (Å²) in [5, 5.41) is 7.22. The van der Waals surface area contributed by atoms with Gasteiger partial charge >= 0.3 is 6.03 Å². The van der Waals surface area contributed by atoms with Crippen LogP contribution in [0.2, 0.25) is 0 Å². The first-order chi connectivity index (χ1) is 13.1. The second-order valence-electron chi connectivity index (χ2n) is 6.47. The van der Waals surface area contributed by atoms with Gasteiger partial charge in [0.25, 0.3) is 0 Å². The average molecular weight is 372 g/mol. The van der Waals surface area contributed by atoms with E-state index in [1.54, 1.807) is 6.20 Å². The number of fused-ring (bicyclic) bond motifs is 1. The lowest BCUT2D eigenvalue weighted by Gasteiger charge is -2.30. The third-order valence-corrected chi connectivity index (χ3v) is 4.62. The van der Waals surface area contributed by atoms with Gasteiger partial charge in [-0.25, -0.2) is 4.79 Å². The van der Waals surface area contributed by atoms with E-state index in [9.17, 15) is 4.79 Å². The van der Waals surface area contributed by atoms with Gasteiger partial charge in [-0.15, -0.1) is 0 Å². The topological polar surface area (TPSA) is 68.6 Å². The quantitative estimate of drug-likeness (QED) is 0.811. The molecule has 1 N–H and O–H groups in total. The maximum atomic E-state index is 12.6. The van der Waals surface area contributed by atoms with Gasteiger partial charge in [0.2, 0.25) is 0 Å². The summed E-state index contributed by atoms with van der Waals surface area (Å²) >= 11 is 0. The zero-order valence-electron chi connectivity index (χ0n) is 16.3. The molecule has 0 unspecified atom stereocenters. The molecule has 27 heavy (non-hydrogen) atoms. The highest BCUT2D eigenvalue weighted by Gasteiger charge is 2.23. The van der Waals surface area contributed by atoms with E-state index in [4.69, 9.17) is 9.47 Å². The SMILES string of the molecule is CCOc1cc2c(cc1OCC)CN(C(=O)NCc1cnn(CC)c1)CC2. The van der Waals surface area contributed by atoms with E-state index in [0.29, 0.717) is 32.8 Å². The fraction of sp³-hybridized carbons (Fsp3) is 0.500. The summed E-state index contributed by atoms with van der Waals surface area (Å²) in [4.78, 5) is 14.4. The number of urea groups is 1. The van der Waals surface area contributed by atoms with Gasteiger partial charge < -0.3 is 19.7 Å². The summed E-state index contributed by atoms with van der Waals surface area (Å²) in [5.74, 6) is 1.52. The van der Waals surface area contributed by atoms with Crippen LogP contribution in [0.5, 0.6) is 11.5 Å². The Morgan fingerprint density at radius 1 is 1.15 bits per heavy atom. The van der Waals surface area contributed by atoms with E-state index in [-0.39, 0.29) is 6.03 Å². The van der Waals surface area contributed by atoms with Crippen molar-refractivity contribution in [3.05, 3.63) is 41.2 Å². The molecule has 7 nitrogen and oxygen atoms in total. The van der Waals surface area contributed by atoms with E-state index in [0.717, 1.165) is 35.6 Å². The number of hydrogen-bond acceptors (Lipinski definition) is 4. The Hall–Kier alpha value is -2.70. The molecule has 2 amide bonds. The Bertz CT molecular complexity index is 788. The number of carbonyl (C=O) groups is 1. The summed E-state index contributed by atoms with van der Waals surface area (Å²) in [7, 11) is 0. The van der Waals surface area contributed by atoms with Gasteiger partial charge in [0.15, 0.2) is 11.5 Å². The zero-order chi connectivity index (χ0) is 19.2. The second kappa shape index (κ2) is 8.79. The first-order valence-electron chi connectivity index (χ1n) is 9.60. The van der Waals surface area contributed by atoms with E-state index in [1.807, 2.05) is 42.6 Å². The standard InChI is InChI=1S/C20H28N4O3/c1-4-24-13-15(12-22-24)11-21-20(25)23-8-7-16-9-18(26-5-2)19(27-6-3)10-17(16)14-23/h9-10,12-13H,4-8,11,14H2,1-3H3,(H,21,25). The first-order valence-corrected chi connectivity index (χ1v) is 9.60. The van der Waals surface area contributed by atoms with Crippen LogP contribution in [0.3, 0.4) is 0 Å². The smallest absolute Gasteiger partial charge is 0.317 e. The van der Waals surface area contributed by atoms with E-state index < -0.39 is 0 Å². The Balaban J connectivity index is 1.65. The molecule has 0 saturated carbocycles. The molecular formula is C20H28N4O3. The molecule has 2 heterocycles. The monoisotopic (exact) mass is 372 g/mol. The number of rotatable bonds is 7. The van der Waals surface area contributed by atoms with Crippen molar-refractivity contribution in [1.29, 1.82) is 0 Å². The van der Waals surface area contributed by atoms with Crippen molar-refractivity contribution in [2.75, 3.05) is 19.8 Å². The minimum Gasteiger partial charge on any atom is -0.490 e. The number of carbonyl (C=O) groups excluding carboxylic acids is 1. The van der Waals surface area contributed by atoms with Crippen LogP contribution in [-0.2, 0) is 26.1 Å². The van der Waals surface area contributed by atoms with Crippen LogP contribution in [0.15, 0.2) is 24.5 Å². The summed E-state index contributed by atoms with van der Waals surface area (Å²) < 4.78 is 13.3. The normalized spacial score (nSPS) is 13.2. The molecular weight excluding hydrogens is 344 g/mol. The van der Waals surface area contributed by atoms with Crippen LogP contribution in [-0.4, -0.2) is 40.5 Å². The number of aromatic nitrogens is 2. The summed E-state index contributed by atoms with van der Waals surface area (Å²) in [6.45, 7) is 9.69. The van der Waals surface area contributed by atoms with Crippen LogP contribution in [0.4, 0.5) is 4.79 Å². The molecule has 2 aromatic rings. The fourth-order valence-electron chi connectivity index (χ4n) is 3.23. The van der Waals surface area contributed by atoms with Crippen molar-refractivity contribution in [3.63, 3.8) is 0 Å². The van der Waals surface area contributed by atoms with Gasteiger partial charge in [-0.2, -0.15) is 5.10 Å². The van der Waals surface area contributed by atoms with E-state index in [2.05, 4.69) is 16.5 Å². The largest absolute Gasteiger partial charge is 0.490 e. The van der Waals surface area contributed by atoms with E-state index >= 15 is 0 Å². The van der Waals surface area contributed by atoms with Gasteiger partial charge in [0.05, 0.1) is 19.4 Å². The molecule has 1 aromatic carbocycles. The minimum absolute atomic E-state index is 0.0586. The first kappa shape index (κ1) is 19.1. The van der Waals surface area contributed by atoms with Gasteiger partial charge in [0, 0.05) is 37.9 Å². The van der Waals surface area contributed by atoms with Crippen LogP contribution in [0.1, 0.15) is 37.5 Å². The average Bonchev–Trinajstić information content (AvgIpc) is 3.15. The molecule has 0 bridgehead atoms. The lowest BCUT2D eigenvalue weighted by atomic mass is 9.99. The maximum absolute atomic E-state index is 12.6. The number of aryl methyl sites for hydroxylation is 1. The number of benzene rings is 1. The Kier molecular flexibility index (Phi) is 6.21. The lowest BCUT2D eigenvalue weighted by Crippen LogP contribution is -2.42. The second-order valence-corrected chi connectivity index (χ2v) is 6.47. The summed E-state index contributed by atoms with van der Waals surface area (Å²) in [6.07, 6.45) is 4.55. The van der Waals surface area contributed by atoms with Crippen LogP contribution >= 0.6 is 0 Å². The molecule has 1 aliphatic rings. The maximum Gasteiger partial charge on any atom is 0.317 e. The molecule has 0 atom stereocenters. The van der Waals surface area contributed by atoms with E-state index in [1.165, 1.54) is 5.56 Å². The number of nitrogens with zero attached hydrogens (tertiary/aromatic N) is 3. The number of nitrogens with one attached hydrogen (secondary N) is 1. The Labute approximate surface area is 160 Å². The number of ether oxygens (including phenoxy) is 2. The molecule has 0 radical (unpaired) electrons. The highest BCUT2D eigenvalue weighted by atomic mass is 16.5. The third-order valence-electron chi connectivity index (χ3n) is 4.62. The van der Waals surface area contributed by atoms with Crippen LogP contribution in [0.25, 0.3) is 0 Å². The number of hydrogen-bond donors (Lipinski definition) is 1. The Morgan fingerprint density at radius 3 is 2.48 bits per heavy atom. The fourth-order valence-corrected chi connectivity index (χ4v) is 3.23. The highest BCUT2D eigenvalue weighted by Crippen LogP contribution is 2.33. The molecule has 0 fully saturated rings. The van der Waals surface area contributed by atoms with Crippen molar-refractivity contribution >= 4 is 6.03 Å². The molecule has 1 aliphatic heterocycles. The molecule has 1 aromatic heterocycles. The molecule has 146 valence electrons. The lowest BCUT2D eigenvalue weighted by molar-refractivity contribution is 0.191. The van der Waals surface area contributed by atoms with Crippen LogP contribution < -0.4 is 14.8 Å². The third kappa shape index (κ3) is 4.53. The zero-order valence-corrected chi connectivity index (χ0v) is 16.3. The highest BCUT2D eigenvalue weighted by molar-refractivity contribution is 5.74.